The molecule has 3 rings (SSSR count). The molecule has 1 aromatic carbocycles. The molecule has 1 aliphatic heterocycles. The van der Waals surface area contributed by atoms with Crippen LogP contribution in [0, 0.1) is 0 Å². The van der Waals surface area contributed by atoms with E-state index in [0.29, 0.717) is 4.88 Å². The summed E-state index contributed by atoms with van der Waals surface area (Å²) in [6.45, 7) is 1.82. The van der Waals surface area contributed by atoms with Crippen LogP contribution in [0.1, 0.15) is 20.8 Å². The summed E-state index contributed by atoms with van der Waals surface area (Å²) < 4.78 is 0. The molecule has 0 saturated heterocycles. The maximum Gasteiger partial charge on any atom is 0.345 e. The average Bonchev–Trinajstić information content (AvgIpc) is 2.88. The van der Waals surface area contributed by atoms with Gasteiger partial charge in [0.2, 0.25) is 0 Å². The van der Waals surface area contributed by atoms with Crippen molar-refractivity contribution in [1.82, 2.24) is 0 Å². The van der Waals surface area contributed by atoms with E-state index in [9.17, 15) is 4.79 Å². The van der Waals surface area contributed by atoms with Gasteiger partial charge in [-0.3, -0.25) is 0 Å². The van der Waals surface area contributed by atoms with Crippen molar-refractivity contribution >= 4 is 23.0 Å². The lowest BCUT2D eigenvalue weighted by molar-refractivity contribution is 0.0702. The highest BCUT2D eigenvalue weighted by molar-refractivity contribution is 7.12. The number of aromatic carboxylic acids is 1. The standard InChI is InChI=1S/C14H13NO2S/c16-14(17)13-7-12(9-18-13)15-6-5-10-3-1-2-4-11(10)8-15/h1-4,7,9H,5-6,8H2,(H,16,17). The van der Waals surface area contributed by atoms with E-state index < -0.39 is 5.97 Å². The minimum absolute atomic E-state index is 0.406. The van der Waals surface area contributed by atoms with Crippen LogP contribution < -0.4 is 4.90 Å². The van der Waals surface area contributed by atoms with Crippen LogP contribution in [-0.4, -0.2) is 17.6 Å². The molecular weight excluding hydrogens is 246 g/mol. The van der Waals surface area contributed by atoms with Gasteiger partial charge in [0.15, 0.2) is 0 Å². The van der Waals surface area contributed by atoms with Crippen LogP contribution in [0.2, 0.25) is 0 Å². The third-order valence-electron chi connectivity index (χ3n) is 3.29. The topological polar surface area (TPSA) is 40.5 Å². The number of fused-ring (bicyclic) bond motifs is 1. The molecule has 0 amide bonds. The summed E-state index contributed by atoms with van der Waals surface area (Å²) in [5, 5.41) is 10.9. The number of thiophene rings is 1. The van der Waals surface area contributed by atoms with Crippen LogP contribution in [0.25, 0.3) is 0 Å². The number of rotatable bonds is 2. The molecule has 18 heavy (non-hydrogen) atoms. The average molecular weight is 259 g/mol. The fourth-order valence-electron chi connectivity index (χ4n) is 2.32. The Balaban J connectivity index is 1.85. The van der Waals surface area contributed by atoms with Gasteiger partial charge in [-0.25, -0.2) is 4.79 Å². The van der Waals surface area contributed by atoms with Crippen LogP contribution in [-0.2, 0) is 13.0 Å². The lowest BCUT2D eigenvalue weighted by Gasteiger charge is -2.29. The number of benzene rings is 1. The smallest absolute Gasteiger partial charge is 0.345 e. The summed E-state index contributed by atoms with van der Waals surface area (Å²) in [5.41, 5.74) is 3.76. The van der Waals surface area contributed by atoms with Crippen molar-refractivity contribution in [1.29, 1.82) is 0 Å². The molecule has 0 atom stereocenters. The van der Waals surface area contributed by atoms with Crippen LogP contribution >= 0.6 is 11.3 Å². The van der Waals surface area contributed by atoms with Crippen molar-refractivity contribution in [3.05, 3.63) is 51.7 Å². The minimum atomic E-state index is -0.844. The molecule has 1 N–H and O–H groups in total. The van der Waals surface area contributed by atoms with Crippen molar-refractivity contribution in [3.63, 3.8) is 0 Å². The number of anilines is 1. The van der Waals surface area contributed by atoms with Gasteiger partial charge in [0.25, 0.3) is 0 Å². The van der Waals surface area contributed by atoms with Crippen LogP contribution in [0.5, 0.6) is 0 Å². The molecule has 2 aromatic rings. The lowest BCUT2D eigenvalue weighted by atomic mass is 10.00. The van der Waals surface area contributed by atoms with E-state index in [2.05, 4.69) is 29.2 Å². The first kappa shape index (κ1) is 11.3. The van der Waals surface area contributed by atoms with E-state index >= 15 is 0 Å². The van der Waals surface area contributed by atoms with Crippen LogP contribution in [0.15, 0.2) is 35.7 Å². The first-order valence-electron chi connectivity index (χ1n) is 5.87. The van der Waals surface area contributed by atoms with Gasteiger partial charge in [-0.1, -0.05) is 24.3 Å². The van der Waals surface area contributed by atoms with Crippen molar-refractivity contribution in [2.45, 2.75) is 13.0 Å². The molecule has 0 fully saturated rings. The Labute approximate surface area is 109 Å². The third-order valence-corrected chi connectivity index (χ3v) is 4.20. The summed E-state index contributed by atoms with van der Waals surface area (Å²) in [6.07, 6.45) is 1.02. The predicted octanol–water partition coefficient (Wildman–Crippen LogP) is 3.01. The van der Waals surface area contributed by atoms with Gasteiger partial charge < -0.3 is 10.0 Å². The Kier molecular flexibility index (Phi) is 2.80. The fraction of sp³-hybridized carbons (Fsp3) is 0.214. The highest BCUT2D eigenvalue weighted by Crippen LogP contribution is 2.28. The zero-order chi connectivity index (χ0) is 12.5. The van der Waals surface area contributed by atoms with Gasteiger partial charge in [-0.2, -0.15) is 0 Å². The van der Waals surface area contributed by atoms with Crippen molar-refractivity contribution < 1.29 is 9.90 Å². The molecule has 1 aliphatic rings. The summed E-state index contributed by atoms with van der Waals surface area (Å²) in [4.78, 5) is 13.5. The number of hydrogen-bond acceptors (Lipinski definition) is 3. The summed E-state index contributed by atoms with van der Waals surface area (Å²) in [5.74, 6) is -0.844. The van der Waals surface area contributed by atoms with E-state index in [1.165, 1.54) is 22.5 Å². The largest absolute Gasteiger partial charge is 0.477 e. The Hall–Kier alpha value is -1.81. The quantitative estimate of drug-likeness (QED) is 0.901. The number of carboxylic acid groups (broad SMARTS) is 1. The van der Waals surface area contributed by atoms with Gasteiger partial charge in [-0.05, 0) is 23.6 Å². The van der Waals surface area contributed by atoms with E-state index in [-0.39, 0.29) is 0 Å². The zero-order valence-electron chi connectivity index (χ0n) is 9.80. The van der Waals surface area contributed by atoms with Gasteiger partial charge in [0.1, 0.15) is 4.88 Å². The molecule has 0 bridgehead atoms. The number of carbonyl (C=O) groups is 1. The van der Waals surface area contributed by atoms with Crippen molar-refractivity contribution in [2.24, 2.45) is 0 Å². The maximum absolute atomic E-state index is 10.9. The molecule has 3 nitrogen and oxygen atoms in total. The fourth-order valence-corrected chi connectivity index (χ4v) is 3.07. The van der Waals surface area contributed by atoms with Gasteiger partial charge >= 0.3 is 5.97 Å². The number of carboxylic acids is 1. The number of nitrogens with zero attached hydrogens (tertiary/aromatic N) is 1. The first-order chi connectivity index (χ1) is 8.74. The van der Waals surface area contributed by atoms with Gasteiger partial charge in [-0.15, -0.1) is 11.3 Å². The molecule has 0 spiro atoms. The Morgan fingerprint density at radius 2 is 2.06 bits per heavy atom. The van der Waals surface area contributed by atoms with Crippen LogP contribution in [0.4, 0.5) is 5.69 Å². The first-order valence-corrected chi connectivity index (χ1v) is 6.75. The monoisotopic (exact) mass is 259 g/mol. The SMILES string of the molecule is O=C(O)c1cc(N2CCc3ccccc3C2)cs1. The second-order valence-corrected chi connectivity index (χ2v) is 5.33. The maximum atomic E-state index is 10.9. The molecule has 4 heteroatoms. The lowest BCUT2D eigenvalue weighted by Crippen LogP contribution is -2.29. The Morgan fingerprint density at radius 1 is 1.28 bits per heavy atom. The summed E-state index contributed by atoms with van der Waals surface area (Å²) in [6, 6.07) is 10.2. The van der Waals surface area contributed by atoms with Crippen molar-refractivity contribution in [3.8, 4) is 0 Å². The molecule has 0 saturated carbocycles. The second kappa shape index (κ2) is 4.46. The molecule has 0 radical (unpaired) electrons. The van der Waals surface area contributed by atoms with E-state index in [0.717, 1.165) is 25.2 Å². The summed E-state index contributed by atoms with van der Waals surface area (Å²) in [7, 11) is 0. The highest BCUT2D eigenvalue weighted by Gasteiger charge is 2.18. The molecule has 0 unspecified atom stereocenters. The third kappa shape index (κ3) is 1.99. The number of hydrogen-bond donors (Lipinski definition) is 1. The highest BCUT2D eigenvalue weighted by atomic mass is 32.1. The van der Waals surface area contributed by atoms with Crippen molar-refractivity contribution in [2.75, 3.05) is 11.4 Å². The van der Waals surface area contributed by atoms with E-state index in [1.54, 1.807) is 6.07 Å². The Morgan fingerprint density at radius 3 is 2.78 bits per heavy atom. The predicted molar refractivity (Wildman–Crippen MR) is 72.5 cm³/mol. The van der Waals surface area contributed by atoms with E-state index in [4.69, 9.17) is 5.11 Å². The molecule has 1 aromatic heterocycles. The molecular formula is C14H13NO2S. The zero-order valence-corrected chi connectivity index (χ0v) is 10.6. The van der Waals surface area contributed by atoms with Gasteiger partial charge in [0.05, 0.1) is 0 Å². The van der Waals surface area contributed by atoms with E-state index in [1.807, 2.05) is 5.38 Å². The normalized spacial score (nSPS) is 14.3. The molecule has 92 valence electrons. The summed E-state index contributed by atoms with van der Waals surface area (Å²) >= 11 is 1.29. The molecule has 2 heterocycles. The second-order valence-electron chi connectivity index (χ2n) is 4.41. The Bertz CT molecular complexity index is 591. The molecule has 0 aliphatic carbocycles. The van der Waals surface area contributed by atoms with Crippen LogP contribution in [0.3, 0.4) is 0 Å². The van der Waals surface area contributed by atoms with Gasteiger partial charge in [0, 0.05) is 24.2 Å². The minimum Gasteiger partial charge on any atom is -0.477 e.